The van der Waals surface area contributed by atoms with Crippen LogP contribution in [-0.4, -0.2) is 53.5 Å². The van der Waals surface area contributed by atoms with Crippen molar-refractivity contribution in [1.29, 1.82) is 0 Å². The monoisotopic (exact) mass is 320 g/mol. The van der Waals surface area contributed by atoms with Crippen LogP contribution >= 0.6 is 0 Å². The molecule has 2 amide bonds. The van der Waals surface area contributed by atoms with E-state index < -0.39 is 4.92 Å². The number of likely N-dealkylation sites (N-methyl/N-ethyl adjacent to an activating group) is 1. The van der Waals surface area contributed by atoms with E-state index in [1.54, 1.807) is 17.9 Å². The smallest absolute Gasteiger partial charge is 0.317 e. The maximum Gasteiger partial charge on any atom is 0.317 e. The zero-order valence-electron chi connectivity index (χ0n) is 13.9. The fraction of sp³-hybridized carbons (Fsp3) is 0.562. The number of aryl methyl sites for hydroxylation is 1. The highest BCUT2D eigenvalue weighted by Gasteiger charge is 2.22. The molecule has 0 aromatic heterocycles. The molecule has 1 aromatic carbocycles. The molecule has 2 rings (SSSR count). The van der Waals surface area contributed by atoms with Crippen molar-refractivity contribution < 1.29 is 9.72 Å². The Morgan fingerprint density at radius 1 is 1.35 bits per heavy atom. The molecule has 7 heteroatoms. The van der Waals surface area contributed by atoms with E-state index in [0.717, 1.165) is 25.2 Å². The van der Waals surface area contributed by atoms with Crippen LogP contribution in [0.2, 0.25) is 0 Å². The van der Waals surface area contributed by atoms with Gasteiger partial charge in [0, 0.05) is 37.8 Å². The summed E-state index contributed by atoms with van der Waals surface area (Å²) in [7, 11) is 0. The highest BCUT2D eigenvalue weighted by molar-refractivity contribution is 5.74. The van der Waals surface area contributed by atoms with Crippen molar-refractivity contribution >= 4 is 11.7 Å². The van der Waals surface area contributed by atoms with Gasteiger partial charge in [0.2, 0.25) is 0 Å². The van der Waals surface area contributed by atoms with Crippen molar-refractivity contribution in [1.82, 2.24) is 15.1 Å². The number of nitro benzene ring substituents is 1. The van der Waals surface area contributed by atoms with Crippen LogP contribution in [0.5, 0.6) is 0 Å². The van der Waals surface area contributed by atoms with Crippen LogP contribution < -0.4 is 5.32 Å². The quantitative estimate of drug-likeness (QED) is 0.682. The third-order valence-corrected chi connectivity index (χ3v) is 4.38. The van der Waals surface area contributed by atoms with Gasteiger partial charge in [0.05, 0.1) is 11.0 Å². The SMILES string of the molecule is CCN1CCN(C(=O)N[C@H](C)c2ccc(C)c([N+](=O)[O-])c2)CC1. The summed E-state index contributed by atoms with van der Waals surface area (Å²) in [6.45, 7) is 9.84. The van der Waals surface area contributed by atoms with E-state index in [2.05, 4.69) is 17.1 Å². The van der Waals surface area contributed by atoms with Crippen LogP contribution in [0.15, 0.2) is 18.2 Å². The molecular formula is C16H24N4O3. The van der Waals surface area contributed by atoms with Crippen LogP contribution in [0, 0.1) is 17.0 Å². The Balaban J connectivity index is 1.99. The zero-order valence-corrected chi connectivity index (χ0v) is 13.9. The Morgan fingerprint density at radius 3 is 2.57 bits per heavy atom. The van der Waals surface area contributed by atoms with Crippen molar-refractivity contribution in [3.05, 3.63) is 39.4 Å². The fourth-order valence-corrected chi connectivity index (χ4v) is 2.72. The predicted octanol–water partition coefficient (Wildman–Crippen LogP) is 2.31. The van der Waals surface area contributed by atoms with Crippen LogP contribution in [-0.2, 0) is 0 Å². The minimum atomic E-state index is -0.392. The van der Waals surface area contributed by atoms with Gasteiger partial charge in [-0.1, -0.05) is 19.1 Å². The molecule has 1 atom stereocenters. The summed E-state index contributed by atoms with van der Waals surface area (Å²) in [6, 6.07) is 4.69. The Kier molecular flexibility index (Phi) is 5.54. The van der Waals surface area contributed by atoms with Crippen LogP contribution in [0.4, 0.5) is 10.5 Å². The second-order valence-electron chi connectivity index (χ2n) is 5.90. The van der Waals surface area contributed by atoms with Crippen molar-refractivity contribution in [3.63, 3.8) is 0 Å². The van der Waals surface area contributed by atoms with Gasteiger partial charge in [0.15, 0.2) is 0 Å². The third kappa shape index (κ3) is 4.19. The number of nitro groups is 1. The minimum Gasteiger partial charge on any atom is -0.331 e. The number of nitrogens with zero attached hydrogens (tertiary/aromatic N) is 3. The number of carbonyl (C=O) groups is 1. The third-order valence-electron chi connectivity index (χ3n) is 4.38. The number of carbonyl (C=O) groups excluding carboxylic acids is 1. The molecule has 23 heavy (non-hydrogen) atoms. The number of nitrogens with one attached hydrogen (secondary N) is 1. The molecule has 1 heterocycles. The fourth-order valence-electron chi connectivity index (χ4n) is 2.72. The first-order valence-corrected chi connectivity index (χ1v) is 7.95. The highest BCUT2D eigenvalue weighted by Crippen LogP contribution is 2.23. The summed E-state index contributed by atoms with van der Waals surface area (Å²) in [4.78, 5) is 27.1. The lowest BCUT2D eigenvalue weighted by Crippen LogP contribution is -2.51. The van der Waals surface area contributed by atoms with Gasteiger partial charge in [-0.15, -0.1) is 0 Å². The maximum atomic E-state index is 12.3. The first kappa shape index (κ1) is 17.2. The van der Waals surface area contributed by atoms with Crippen LogP contribution in [0.25, 0.3) is 0 Å². The van der Waals surface area contributed by atoms with Gasteiger partial charge in [-0.3, -0.25) is 10.1 Å². The standard InChI is InChI=1S/C16H24N4O3/c1-4-18-7-9-19(10-8-18)16(21)17-13(3)14-6-5-12(2)15(11-14)20(22)23/h5-6,11,13H,4,7-10H2,1-3H3,(H,17,21)/t13-/m1/s1. The van der Waals surface area contributed by atoms with Crippen molar-refractivity contribution in [2.24, 2.45) is 0 Å². The summed E-state index contributed by atoms with van der Waals surface area (Å²) in [5, 5.41) is 14.0. The Bertz CT molecular complexity index is 583. The van der Waals surface area contributed by atoms with Crippen LogP contribution in [0.3, 0.4) is 0 Å². The summed E-state index contributed by atoms with van der Waals surface area (Å²) in [5.74, 6) is 0. The van der Waals surface area contributed by atoms with Crippen LogP contribution in [0.1, 0.15) is 31.0 Å². The van der Waals surface area contributed by atoms with Crippen molar-refractivity contribution in [3.8, 4) is 0 Å². The molecule has 0 bridgehead atoms. The number of piperazine rings is 1. The zero-order chi connectivity index (χ0) is 17.0. The van der Waals surface area contributed by atoms with Gasteiger partial charge >= 0.3 is 6.03 Å². The van der Waals surface area contributed by atoms with Gasteiger partial charge in [0.25, 0.3) is 5.69 Å². The molecule has 1 N–H and O–H groups in total. The molecule has 7 nitrogen and oxygen atoms in total. The number of benzene rings is 1. The van der Waals surface area contributed by atoms with E-state index in [0.29, 0.717) is 18.7 Å². The van der Waals surface area contributed by atoms with Gasteiger partial charge in [-0.25, -0.2) is 4.79 Å². The van der Waals surface area contributed by atoms with E-state index in [9.17, 15) is 14.9 Å². The number of urea groups is 1. The molecule has 0 spiro atoms. The summed E-state index contributed by atoms with van der Waals surface area (Å²) in [6.07, 6.45) is 0. The molecule has 1 aliphatic rings. The second kappa shape index (κ2) is 7.41. The molecule has 0 radical (unpaired) electrons. The highest BCUT2D eigenvalue weighted by atomic mass is 16.6. The van der Waals surface area contributed by atoms with E-state index in [-0.39, 0.29) is 17.8 Å². The average molecular weight is 320 g/mol. The van der Waals surface area contributed by atoms with E-state index in [4.69, 9.17) is 0 Å². The number of hydrogen-bond acceptors (Lipinski definition) is 4. The van der Waals surface area contributed by atoms with Crippen molar-refractivity contribution in [2.75, 3.05) is 32.7 Å². The van der Waals surface area contributed by atoms with E-state index in [1.807, 2.05) is 13.0 Å². The van der Waals surface area contributed by atoms with Gasteiger partial charge in [-0.2, -0.15) is 0 Å². The molecule has 0 unspecified atom stereocenters. The summed E-state index contributed by atoms with van der Waals surface area (Å²) < 4.78 is 0. The van der Waals surface area contributed by atoms with E-state index >= 15 is 0 Å². The van der Waals surface area contributed by atoms with Gasteiger partial charge in [-0.05, 0) is 26.0 Å². The lowest BCUT2D eigenvalue weighted by Gasteiger charge is -2.34. The number of amides is 2. The first-order chi connectivity index (χ1) is 10.9. The molecule has 126 valence electrons. The number of rotatable bonds is 4. The largest absolute Gasteiger partial charge is 0.331 e. The Morgan fingerprint density at radius 2 is 2.00 bits per heavy atom. The molecule has 1 fully saturated rings. The summed E-state index contributed by atoms with van der Waals surface area (Å²) >= 11 is 0. The molecule has 1 aromatic rings. The molecule has 1 aliphatic heterocycles. The lowest BCUT2D eigenvalue weighted by molar-refractivity contribution is -0.385. The number of hydrogen-bond donors (Lipinski definition) is 1. The van der Waals surface area contributed by atoms with E-state index in [1.165, 1.54) is 6.07 Å². The normalized spacial score (nSPS) is 16.9. The van der Waals surface area contributed by atoms with Gasteiger partial charge < -0.3 is 15.1 Å². The van der Waals surface area contributed by atoms with Crippen molar-refractivity contribution in [2.45, 2.75) is 26.8 Å². The Labute approximate surface area is 136 Å². The maximum absolute atomic E-state index is 12.3. The average Bonchev–Trinajstić information content (AvgIpc) is 2.54. The van der Waals surface area contributed by atoms with Gasteiger partial charge in [0.1, 0.15) is 0 Å². The molecular weight excluding hydrogens is 296 g/mol. The molecule has 1 saturated heterocycles. The summed E-state index contributed by atoms with van der Waals surface area (Å²) in [5.41, 5.74) is 1.44. The molecule has 0 aliphatic carbocycles. The lowest BCUT2D eigenvalue weighted by atomic mass is 10.0. The predicted molar refractivity (Wildman–Crippen MR) is 88.5 cm³/mol. The molecule has 0 saturated carbocycles. The first-order valence-electron chi connectivity index (χ1n) is 7.95. The second-order valence-corrected chi connectivity index (χ2v) is 5.90. The minimum absolute atomic E-state index is 0.0835. The topological polar surface area (TPSA) is 78.7 Å². The Hall–Kier alpha value is -2.15.